The highest BCUT2D eigenvalue weighted by Crippen LogP contribution is 2.20. The van der Waals surface area contributed by atoms with Crippen LogP contribution in [0.2, 0.25) is 5.28 Å². The van der Waals surface area contributed by atoms with Gasteiger partial charge in [0.25, 0.3) is 0 Å². The third-order valence-corrected chi connectivity index (χ3v) is 4.11. The normalized spacial score (nSPS) is 15.9. The van der Waals surface area contributed by atoms with E-state index < -0.39 is 0 Å². The van der Waals surface area contributed by atoms with Crippen molar-refractivity contribution in [3.63, 3.8) is 0 Å². The van der Waals surface area contributed by atoms with Crippen LogP contribution in [0.4, 0.5) is 5.82 Å². The molecule has 1 aliphatic heterocycles. The smallest absolute Gasteiger partial charge is 0.226 e. The molecule has 1 aliphatic rings. The van der Waals surface area contributed by atoms with Crippen molar-refractivity contribution in [3.8, 4) is 0 Å². The molecule has 0 atom stereocenters. The predicted molar refractivity (Wildman–Crippen MR) is 84.7 cm³/mol. The van der Waals surface area contributed by atoms with Crippen LogP contribution in [0.15, 0.2) is 6.33 Å². The number of halogens is 1. The van der Waals surface area contributed by atoms with Crippen LogP contribution in [-0.4, -0.2) is 50.6 Å². The molecule has 1 N–H and O–H groups in total. The van der Waals surface area contributed by atoms with Crippen molar-refractivity contribution >= 4 is 28.6 Å². The number of imidazole rings is 1. The lowest BCUT2D eigenvalue weighted by Gasteiger charge is -2.14. The number of aryl methyl sites for hydroxylation is 1. The van der Waals surface area contributed by atoms with E-state index in [0.29, 0.717) is 5.65 Å². The number of fused-ring (bicyclic) bond motifs is 1. The van der Waals surface area contributed by atoms with Crippen molar-refractivity contribution in [2.24, 2.45) is 7.05 Å². The molecule has 3 heterocycles. The predicted octanol–water partition coefficient (Wildman–Crippen LogP) is 2.30. The molecule has 0 amide bonds. The molecule has 1 saturated heterocycles. The van der Waals surface area contributed by atoms with Gasteiger partial charge in [0.05, 0.1) is 6.33 Å². The lowest BCUT2D eigenvalue weighted by atomic mass is 10.3. The molecular formula is C14H21ClN6. The zero-order valence-corrected chi connectivity index (χ0v) is 13.1. The zero-order valence-electron chi connectivity index (χ0n) is 12.3. The van der Waals surface area contributed by atoms with Crippen molar-refractivity contribution in [3.05, 3.63) is 11.6 Å². The average Bonchev–Trinajstić information content (AvgIpc) is 3.08. The fraction of sp³-hybridized carbons (Fsp3) is 0.643. The highest BCUT2D eigenvalue weighted by atomic mass is 35.5. The van der Waals surface area contributed by atoms with Crippen molar-refractivity contribution in [1.82, 2.24) is 24.4 Å². The third-order valence-electron chi connectivity index (χ3n) is 3.94. The molecule has 114 valence electrons. The Hall–Kier alpha value is -1.40. The molecule has 2 aromatic rings. The number of likely N-dealkylation sites (tertiary alicyclic amines) is 1. The molecule has 0 saturated carbocycles. The van der Waals surface area contributed by atoms with Gasteiger partial charge in [-0.2, -0.15) is 9.97 Å². The van der Waals surface area contributed by atoms with Crippen LogP contribution in [0.3, 0.4) is 0 Å². The van der Waals surface area contributed by atoms with Crippen LogP contribution in [0.1, 0.15) is 25.7 Å². The molecule has 0 radical (unpaired) electrons. The van der Waals surface area contributed by atoms with Crippen LogP contribution < -0.4 is 5.32 Å². The Balaban J connectivity index is 1.54. The first-order chi connectivity index (χ1) is 10.2. The van der Waals surface area contributed by atoms with Gasteiger partial charge in [0.15, 0.2) is 11.5 Å². The Morgan fingerprint density at radius 3 is 2.86 bits per heavy atom. The zero-order chi connectivity index (χ0) is 14.7. The Morgan fingerprint density at radius 1 is 1.24 bits per heavy atom. The summed E-state index contributed by atoms with van der Waals surface area (Å²) in [6, 6.07) is 0. The maximum Gasteiger partial charge on any atom is 0.226 e. The molecule has 21 heavy (non-hydrogen) atoms. The van der Waals surface area contributed by atoms with E-state index in [0.717, 1.165) is 24.3 Å². The number of nitrogens with zero attached hydrogens (tertiary/aromatic N) is 5. The Labute approximate surface area is 129 Å². The molecule has 0 bridgehead atoms. The second kappa shape index (κ2) is 6.58. The average molecular weight is 309 g/mol. The summed E-state index contributed by atoms with van der Waals surface area (Å²) in [6.45, 7) is 4.63. The largest absolute Gasteiger partial charge is 0.368 e. The van der Waals surface area contributed by atoms with Gasteiger partial charge >= 0.3 is 0 Å². The maximum atomic E-state index is 5.94. The molecule has 0 aliphatic carbocycles. The first kappa shape index (κ1) is 14.5. The van der Waals surface area contributed by atoms with E-state index >= 15 is 0 Å². The molecule has 6 nitrogen and oxygen atoms in total. The number of nitrogens with one attached hydrogen (secondary N) is 1. The standard InChI is InChI=1S/C14H21ClN6/c1-20-10-17-13-11(20)12(18-14(15)19-13)16-6-2-3-7-21-8-4-5-9-21/h10H,2-9H2,1H3,(H,16,18,19). The number of hydrogen-bond acceptors (Lipinski definition) is 5. The second-order valence-corrected chi connectivity index (χ2v) is 5.89. The third kappa shape index (κ3) is 3.44. The number of rotatable bonds is 6. The van der Waals surface area contributed by atoms with E-state index in [9.17, 15) is 0 Å². The summed E-state index contributed by atoms with van der Waals surface area (Å²) in [5.41, 5.74) is 1.54. The fourth-order valence-electron chi connectivity index (χ4n) is 2.83. The topological polar surface area (TPSA) is 58.9 Å². The Morgan fingerprint density at radius 2 is 2.05 bits per heavy atom. The van der Waals surface area contributed by atoms with E-state index in [1.807, 2.05) is 11.6 Å². The molecule has 0 spiro atoms. The molecule has 3 rings (SSSR count). The highest BCUT2D eigenvalue weighted by Gasteiger charge is 2.12. The number of hydrogen-bond donors (Lipinski definition) is 1. The van der Waals surface area contributed by atoms with Gasteiger partial charge in [0.1, 0.15) is 5.52 Å². The van der Waals surface area contributed by atoms with E-state index in [2.05, 4.69) is 25.2 Å². The second-order valence-electron chi connectivity index (χ2n) is 5.55. The van der Waals surface area contributed by atoms with Crippen molar-refractivity contribution in [1.29, 1.82) is 0 Å². The Kier molecular flexibility index (Phi) is 4.55. The quantitative estimate of drug-likeness (QED) is 0.655. The van der Waals surface area contributed by atoms with Crippen molar-refractivity contribution in [2.45, 2.75) is 25.7 Å². The van der Waals surface area contributed by atoms with Crippen LogP contribution in [0.5, 0.6) is 0 Å². The van der Waals surface area contributed by atoms with E-state index in [1.54, 1.807) is 6.33 Å². The van der Waals surface area contributed by atoms with Gasteiger partial charge in [-0.05, 0) is 56.9 Å². The maximum absolute atomic E-state index is 5.94. The van der Waals surface area contributed by atoms with Crippen LogP contribution >= 0.6 is 11.6 Å². The minimum Gasteiger partial charge on any atom is -0.368 e. The van der Waals surface area contributed by atoms with Crippen molar-refractivity contribution < 1.29 is 0 Å². The summed E-state index contributed by atoms with van der Waals surface area (Å²) >= 11 is 5.94. The molecular weight excluding hydrogens is 288 g/mol. The highest BCUT2D eigenvalue weighted by molar-refractivity contribution is 6.28. The lowest BCUT2D eigenvalue weighted by Crippen LogP contribution is -2.21. The fourth-order valence-corrected chi connectivity index (χ4v) is 2.99. The van der Waals surface area contributed by atoms with Crippen LogP contribution in [-0.2, 0) is 7.05 Å². The van der Waals surface area contributed by atoms with Gasteiger partial charge in [-0.3, -0.25) is 0 Å². The summed E-state index contributed by atoms with van der Waals surface area (Å²) in [7, 11) is 1.94. The minimum absolute atomic E-state index is 0.237. The van der Waals surface area contributed by atoms with E-state index in [-0.39, 0.29) is 5.28 Å². The van der Waals surface area contributed by atoms with Gasteiger partial charge in [-0.25, -0.2) is 4.98 Å². The summed E-state index contributed by atoms with van der Waals surface area (Å²) in [5, 5.41) is 3.60. The first-order valence-corrected chi connectivity index (χ1v) is 7.92. The first-order valence-electron chi connectivity index (χ1n) is 7.55. The van der Waals surface area contributed by atoms with Gasteiger partial charge in [-0.1, -0.05) is 0 Å². The summed E-state index contributed by atoms with van der Waals surface area (Å²) in [4.78, 5) is 15.2. The molecule has 0 unspecified atom stereocenters. The molecule has 2 aromatic heterocycles. The minimum atomic E-state index is 0.237. The molecule has 7 heteroatoms. The molecule has 0 aromatic carbocycles. The lowest BCUT2D eigenvalue weighted by molar-refractivity contribution is 0.331. The monoisotopic (exact) mass is 308 g/mol. The molecule has 1 fully saturated rings. The van der Waals surface area contributed by atoms with Crippen LogP contribution in [0.25, 0.3) is 11.2 Å². The SMILES string of the molecule is Cn1cnc2nc(Cl)nc(NCCCCN3CCCC3)c21. The Bertz CT molecular complexity index is 605. The van der Waals surface area contributed by atoms with Crippen LogP contribution in [0, 0.1) is 0 Å². The van der Waals surface area contributed by atoms with Gasteiger partial charge in [0, 0.05) is 13.6 Å². The van der Waals surface area contributed by atoms with Gasteiger partial charge < -0.3 is 14.8 Å². The summed E-state index contributed by atoms with van der Waals surface area (Å²) in [6.07, 6.45) is 6.78. The number of aromatic nitrogens is 4. The van der Waals surface area contributed by atoms with Gasteiger partial charge in [-0.15, -0.1) is 0 Å². The van der Waals surface area contributed by atoms with Crippen molar-refractivity contribution in [2.75, 3.05) is 31.5 Å². The summed E-state index contributed by atoms with van der Waals surface area (Å²) in [5.74, 6) is 0.770. The summed E-state index contributed by atoms with van der Waals surface area (Å²) < 4.78 is 1.91. The number of anilines is 1. The van der Waals surface area contributed by atoms with E-state index in [1.165, 1.54) is 38.9 Å². The van der Waals surface area contributed by atoms with E-state index in [4.69, 9.17) is 11.6 Å². The van der Waals surface area contributed by atoms with Gasteiger partial charge in [0.2, 0.25) is 5.28 Å². The number of unbranched alkanes of at least 4 members (excludes halogenated alkanes) is 1.